The number of hydrogen-bond acceptors (Lipinski definition) is 5. The topological polar surface area (TPSA) is 89.1 Å². The van der Waals surface area contributed by atoms with E-state index in [0.29, 0.717) is 26.4 Å². The van der Waals surface area contributed by atoms with Crippen LogP contribution in [0.1, 0.15) is 13.3 Å². The Kier molecular flexibility index (Phi) is 9.15. The number of hydrogen-bond donors (Lipinski definition) is 3. The number of oxime groups is 1. The molecule has 0 heterocycles. The van der Waals surface area contributed by atoms with Crippen LogP contribution in [0.25, 0.3) is 0 Å². The molecule has 0 saturated carbocycles. The summed E-state index contributed by atoms with van der Waals surface area (Å²) >= 11 is 0. The molecule has 0 rings (SSSR count). The lowest BCUT2D eigenvalue weighted by molar-refractivity contribution is 0.0716. The molecule has 0 aromatic carbocycles. The minimum absolute atomic E-state index is 0.0963. The summed E-state index contributed by atoms with van der Waals surface area (Å²) < 4.78 is 10.1. The fourth-order valence-electron chi connectivity index (χ4n) is 1.08. The van der Waals surface area contributed by atoms with Crippen molar-refractivity contribution in [2.45, 2.75) is 19.4 Å². The normalized spacial score (nSPS) is 14.1. The highest BCUT2D eigenvalue weighted by molar-refractivity contribution is 5.85. The lowest BCUT2D eigenvalue weighted by atomic mass is 10.2. The van der Waals surface area contributed by atoms with E-state index in [0.717, 1.165) is 6.42 Å². The molecule has 90 valence electrons. The smallest absolute Gasteiger partial charge is 0.156 e. The van der Waals surface area contributed by atoms with Crippen molar-refractivity contribution in [2.75, 3.05) is 33.5 Å². The number of methoxy groups -OCH3 is 1. The first-order chi connectivity index (χ1) is 7.26. The van der Waals surface area contributed by atoms with E-state index in [1.165, 1.54) is 0 Å². The van der Waals surface area contributed by atoms with Gasteiger partial charge in [-0.3, -0.25) is 0 Å². The predicted octanol–water partition coefficient (Wildman–Crippen LogP) is -0.236. The molecular weight excluding hydrogens is 198 g/mol. The van der Waals surface area contributed by atoms with Gasteiger partial charge in [-0.15, -0.1) is 0 Å². The Morgan fingerprint density at radius 3 is 2.73 bits per heavy atom. The molecule has 0 aromatic rings. The van der Waals surface area contributed by atoms with Crippen LogP contribution in [0.15, 0.2) is 5.16 Å². The number of rotatable bonds is 9. The van der Waals surface area contributed by atoms with E-state index in [1.807, 2.05) is 6.92 Å². The van der Waals surface area contributed by atoms with Gasteiger partial charge < -0.3 is 25.7 Å². The highest BCUT2D eigenvalue weighted by atomic mass is 16.5. The highest BCUT2D eigenvalue weighted by Gasteiger charge is 2.09. The first kappa shape index (κ1) is 14.2. The van der Waals surface area contributed by atoms with Crippen molar-refractivity contribution in [1.29, 1.82) is 0 Å². The van der Waals surface area contributed by atoms with E-state index in [4.69, 9.17) is 20.4 Å². The van der Waals surface area contributed by atoms with Gasteiger partial charge in [-0.25, -0.2) is 0 Å². The molecule has 6 nitrogen and oxygen atoms in total. The Bertz CT molecular complexity index is 176. The first-order valence-electron chi connectivity index (χ1n) is 5.03. The molecule has 0 saturated heterocycles. The lowest BCUT2D eigenvalue weighted by Crippen LogP contribution is -2.42. The minimum atomic E-state index is -0.0963. The van der Waals surface area contributed by atoms with Crippen LogP contribution in [0, 0.1) is 0 Å². The SMILES string of the molecule is CCC(NCCOCCOC)C(N)=NO. The Morgan fingerprint density at radius 2 is 2.20 bits per heavy atom. The van der Waals surface area contributed by atoms with Crippen molar-refractivity contribution in [2.24, 2.45) is 10.9 Å². The Hall–Kier alpha value is -0.850. The summed E-state index contributed by atoms with van der Waals surface area (Å²) in [6.07, 6.45) is 0.772. The molecule has 0 spiro atoms. The van der Waals surface area contributed by atoms with Crippen LogP contribution in [0.2, 0.25) is 0 Å². The van der Waals surface area contributed by atoms with Gasteiger partial charge in [0.2, 0.25) is 0 Å². The van der Waals surface area contributed by atoms with Gasteiger partial charge in [0.15, 0.2) is 5.84 Å². The van der Waals surface area contributed by atoms with E-state index >= 15 is 0 Å². The standard InChI is InChI=1S/C9H21N3O3/c1-3-8(9(10)12-13)11-4-5-15-7-6-14-2/h8,11,13H,3-7H2,1-2H3,(H2,10,12). The van der Waals surface area contributed by atoms with Crippen molar-refractivity contribution in [3.05, 3.63) is 0 Å². The summed E-state index contributed by atoms with van der Waals surface area (Å²) in [5, 5.41) is 14.6. The zero-order chi connectivity index (χ0) is 11.5. The second kappa shape index (κ2) is 9.70. The van der Waals surface area contributed by atoms with Crippen LogP contribution < -0.4 is 11.1 Å². The number of nitrogens with one attached hydrogen (secondary N) is 1. The van der Waals surface area contributed by atoms with Crippen LogP contribution in [0.5, 0.6) is 0 Å². The van der Waals surface area contributed by atoms with Gasteiger partial charge in [0.25, 0.3) is 0 Å². The molecule has 4 N–H and O–H groups in total. The molecule has 1 atom stereocenters. The summed E-state index contributed by atoms with van der Waals surface area (Å²) in [5.74, 6) is 0.203. The van der Waals surface area contributed by atoms with Crippen molar-refractivity contribution >= 4 is 5.84 Å². The van der Waals surface area contributed by atoms with Crippen LogP contribution in [0.3, 0.4) is 0 Å². The largest absolute Gasteiger partial charge is 0.409 e. The van der Waals surface area contributed by atoms with Gasteiger partial charge >= 0.3 is 0 Å². The van der Waals surface area contributed by atoms with E-state index in [9.17, 15) is 0 Å². The molecule has 0 fully saturated rings. The highest BCUT2D eigenvalue weighted by Crippen LogP contribution is 1.90. The quantitative estimate of drug-likeness (QED) is 0.164. The Balaban J connectivity index is 3.47. The number of nitrogens with zero attached hydrogens (tertiary/aromatic N) is 1. The van der Waals surface area contributed by atoms with Gasteiger partial charge in [-0.05, 0) is 6.42 Å². The molecule has 0 amide bonds. The fourth-order valence-corrected chi connectivity index (χ4v) is 1.08. The second-order valence-corrected chi connectivity index (χ2v) is 3.04. The first-order valence-corrected chi connectivity index (χ1v) is 5.03. The van der Waals surface area contributed by atoms with Gasteiger partial charge in [-0.1, -0.05) is 12.1 Å². The van der Waals surface area contributed by atoms with E-state index < -0.39 is 0 Å². The maximum absolute atomic E-state index is 8.48. The van der Waals surface area contributed by atoms with Gasteiger partial charge in [0.05, 0.1) is 25.9 Å². The van der Waals surface area contributed by atoms with Gasteiger partial charge in [-0.2, -0.15) is 0 Å². The number of ether oxygens (including phenoxy) is 2. The van der Waals surface area contributed by atoms with Crippen LogP contribution in [-0.2, 0) is 9.47 Å². The molecule has 0 radical (unpaired) electrons. The zero-order valence-electron chi connectivity index (χ0n) is 9.40. The molecule has 0 aliphatic rings. The summed E-state index contributed by atoms with van der Waals surface area (Å²) in [7, 11) is 1.63. The number of amidine groups is 1. The minimum Gasteiger partial charge on any atom is -0.409 e. The average Bonchev–Trinajstić information content (AvgIpc) is 2.27. The molecule has 0 aromatic heterocycles. The maximum atomic E-state index is 8.48. The van der Waals surface area contributed by atoms with Crippen molar-refractivity contribution in [3.63, 3.8) is 0 Å². The Morgan fingerprint density at radius 1 is 1.47 bits per heavy atom. The fraction of sp³-hybridized carbons (Fsp3) is 0.889. The van der Waals surface area contributed by atoms with Crippen LogP contribution in [-0.4, -0.2) is 50.6 Å². The summed E-state index contributed by atoms with van der Waals surface area (Å²) in [6.45, 7) is 4.38. The van der Waals surface area contributed by atoms with Crippen molar-refractivity contribution in [1.82, 2.24) is 5.32 Å². The monoisotopic (exact) mass is 219 g/mol. The summed E-state index contributed by atoms with van der Waals surface area (Å²) in [6, 6.07) is -0.0963. The third-order valence-corrected chi connectivity index (χ3v) is 1.95. The average molecular weight is 219 g/mol. The Labute approximate surface area is 90.4 Å². The maximum Gasteiger partial charge on any atom is 0.156 e. The lowest BCUT2D eigenvalue weighted by Gasteiger charge is -2.14. The predicted molar refractivity (Wildman–Crippen MR) is 58.2 cm³/mol. The molecule has 6 heteroatoms. The van der Waals surface area contributed by atoms with Crippen molar-refractivity contribution < 1.29 is 14.7 Å². The second-order valence-electron chi connectivity index (χ2n) is 3.04. The third kappa shape index (κ3) is 7.12. The summed E-state index contributed by atoms with van der Waals surface area (Å²) in [4.78, 5) is 0. The van der Waals surface area contributed by atoms with E-state index in [2.05, 4.69) is 10.5 Å². The molecular formula is C9H21N3O3. The molecule has 1 unspecified atom stereocenters. The molecule has 0 aliphatic heterocycles. The van der Waals surface area contributed by atoms with E-state index in [-0.39, 0.29) is 11.9 Å². The van der Waals surface area contributed by atoms with Gasteiger partial charge in [0.1, 0.15) is 0 Å². The molecule has 15 heavy (non-hydrogen) atoms. The van der Waals surface area contributed by atoms with Crippen molar-refractivity contribution in [3.8, 4) is 0 Å². The zero-order valence-corrected chi connectivity index (χ0v) is 9.40. The molecule has 0 aliphatic carbocycles. The third-order valence-electron chi connectivity index (χ3n) is 1.95. The van der Waals surface area contributed by atoms with Crippen LogP contribution >= 0.6 is 0 Å². The molecule has 0 bridgehead atoms. The number of nitrogens with two attached hydrogens (primary N) is 1. The van der Waals surface area contributed by atoms with Crippen LogP contribution in [0.4, 0.5) is 0 Å². The van der Waals surface area contributed by atoms with Gasteiger partial charge in [0, 0.05) is 13.7 Å². The summed E-state index contributed by atoms with van der Waals surface area (Å²) in [5.41, 5.74) is 5.47. The van der Waals surface area contributed by atoms with E-state index in [1.54, 1.807) is 7.11 Å².